The van der Waals surface area contributed by atoms with E-state index in [0.29, 0.717) is 16.8 Å². The van der Waals surface area contributed by atoms with Crippen molar-refractivity contribution in [3.8, 4) is 5.75 Å². The normalized spacial score (nSPS) is 15.8. The van der Waals surface area contributed by atoms with E-state index in [9.17, 15) is 13.2 Å². The Bertz CT molecular complexity index is 519. The van der Waals surface area contributed by atoms with Crippen molar-refractivity contribution in [3.05, 3.63) is 22.7 Å². The second-order valence-corrected chi connectivity index (χ2v) is 6.04. The first kappa shape index (κ1) is 16.4. The Morgan fingerprint density at radius 3 is 2.52 bits per heavy atom. The number of thiocarbonyl (C=S) groups is 1. The highest BCUT2D eigenvalue weighted by molar-refractivity contribution is 9.10. The van der Waals surface area contributed by atoms with E-state index in [1.54, 1.807) is 0 Å². The number of hydrogen-bond acceptors (Lipinski definition) is 2. The molecule has 0 unspecified atom stereocenters. The summed E-state index contributed by atoms with van der Waals surface area (Å²) in [6.07, 6.45) is -0.158. The minimum Gasteiger partial charge on any atom is -0.405 e. The van der Waals surface area contributed by atoms with Crippen molar-refractivity contribution in [3.63, 3.8) is 0 Å². The average molecular weight is 383 g/mol. The van der Waals surface area contributed by atoms with Crippen LogP contribution < -0.4 is 15.4 Å². The van der Waals surface area contributed by atoms with Crippen LogP contribution in [-0.4, -0.2) is 17.5 Å². The summed E-state index contributed by atoms with van der Waals surface area (Å²) in [5.74, 6) is -0.289. The number of alkyl halides is 3. The predicted molar refractivity (Wildman–Crippen MR) is 82.4 cm³/mol. The van der Waals surface area contributed by atoms with Crippen molar-refractivity contribution in [1.29, 1.82) is 0 Å². The van der Waals surface area contributed by atoms with E-state index in [-0.39, 0.29) is 10.2 Å². The molecular formula is C13H14BrF3N2OS. The fraction of sp³-hybridized carbons (Fsp3) is 0.462. The quantitative estimate of drug-likeness (QED) is 0.749. The highest BCUT2D eigenvalue weighted by Gasteiger charge is 2.31. The molecule has 0 heterocycles. The third-order valence-corrected chi connectivity index (χ3v) is 3.95. The van der Waals surface area contributed by atoms with Crippen molar-refractivity contribution in [2.75, 3.05) is 5.32 Å². The van der Waals surface area contributed by atoms with Gasteiger partial charge in [0.15, 0.2) is 5.11 Å². The molecule has 0 radical (unpaired) electrons. The van der Waals surface area contributed by atoms with Crippen LogP contribution in [0.25, 0.3) is 0 Å². The zero-order valence-electron chi connectivity index (χ0n) is 11.0. The van der Waals surface area contributed by atoms with E-state index < -0.39 is 6.36 Å². The van der Waals surface area contributed by atoms with Gasteiger partial charge in [0.1, 0.15) is 5.75 Å². The molecule has 0 aromatic heterocycles. The van der Waals surface area contributed by atoms with Gasteiger partial charge in [-0.15, -0.1) is 13.2 Å². The lowest BCUT2D eigenvalue weighted by Crippen LogP contribution is -2.35. The van der Waals surface area contributed by atoms with Crippen LogP contribution in [0.5, 0.6) is 5.75 Å². The predicted octanol–water partition coefficient (Wildman–Crippen LogP) is 4.58. The van der Waals surface area contributed by atoms with Crippen LogP contribution in [-0.2, 0) is 0 Å². The first-order valence-electron chi connectivity index (χ1n) is 6.46. The topological polar surface area (TPSA) is 33.3 Å². The van der Waals surface area contributed by atoms with E-state index in [2.05, 4.69) is 31.3 Å². The molecule has 0 amide bonds. The maximum atomic E-state index is 12.2. The van der Waals surface area contributed by atoms with Gasteiger partial charge in [0.2, 0.25) is 0 Å². The Morgan fingerprint density at radius 1 is 1.29 bits per heavy atom. The summed E-state index contributed by atoms with van der Waals surface area (Å²) in [4.78, 5) is 0. The molecule has 2 rings (SSSR count). The molecule has 1 aromatic rings. The van der Waals surface area contributed by atoms with E-state index in [4.69, 9.17) is 12.2 Å². The molecule has 1 saturated carbocycles. The highest BCUT2D eigenvalue weighted by atomic mass is 79.9. The van der Waals surface area contributed by atoms with Crippen LogP contribution in [0.15, 0.2) is 22.7 Å². The minimum atomic E-state index is -4.71. The number of benzene rings is 1. The molecule has 116 valence electrons. The average Bonchev–Trinajstić information content (AvgIpc) is 2.84. The fourth-order valence-electron chi connectivity index (χ4n) is 2.21. The first-order chi connectivity index (χ1) is 9.83. The maximum Gasteiger partial charge on any atom is 0.573 e. The van der Waals surface area contributed by atoms with Crippen molar-refractivity contribution in [2.45, 2.75) is 38.1 Å². The standard InChI is InChI=1S/C13H14BrF3N2OS/c14-10-7-9(5-6-11(10)20-13(15,16)17)19-12(21)18-8-3-1-2-4-8/h5-8H,1-4H2,(H2,18,19,21). The minimum absolute atomic E-state index is 0.202. The maximum absolute atomic E-state index is 12.2. The van der Waals surface area contributed by atoms with Crippen molar-refractivity contribution < 1.29 is 17.9 Å². The number of rotatable bonds is 3. The van der Waals surface area contributed by atoms with E-state index in [1.807, 2.05) is 0 Å². The smallest absolute Gasteiger partial charge is 0.405 e. The molecule has 0 atom stereocenters. The lowest BCUT2D eigenvalue weighted by atomic mass is 10.2. The van der Waals surface area contributed by atoms with Gasteiger partial charge in [0.25, 0.3) is 0 Å². The molecule has 0 spiro atoms. The van der Waals surface area contributed by atoms with Crippen molar-refractivity contribution >= 4 is 38.9 Å². The summed E-state index contributed by atoms with van der Waals surface area (Å²) in [5.41, 5.74) is 0.590. The Labute approximate surface area is 134 Å². The molecule has 0 aliphatic heterocycles. The number of nitrogens with one attached hydrogen (secondary N) is 2. The Morgan fingerprint density at radius 2 is 1.95 bits per heavy atom. The molecule has 1 fully saturated rings. The second-order valence-electron chi connectivity index (χ2n) is 4.77. The SMILES string of the molecule is FC(F)(F)Oc1ccc(NC(=S)NC2CCCC2)cc1Br. The van der Waals surface area contributed by atoms with Crippen molar-refractivity contribution in [1.82, 2.24) is 5.32 Å². The molecule has 0 bridgehead atoms. The summed E-state index contributed by atoms with van der Waals surface area (Å²) in [7, 11) is 0. The lowest BCUT2D eigenvalue weighted by molar-refractivity contribution is -0.274. The van der Waals surface area contributed by atoms with Gasteiger partial charge in [-0.1, -0.05) is 12.8 Å². The summed E-state index contributed by atoms with van der Waals surface area (Å²) < 4.78 is 40.6. The van der Waals surface area contributed by atoms with Crippen molar-refractivity contribution in [2.24, 2.45) is 0 Å². The van der Waals surface area contributed by atoms with Crippen LogP contribution in [0.3, 0.4) is 0 Å². The molecule has 3 nitrogen and oxygen atoms in total. The zero-order chi connectivity index (χ0) is 15.5. The van der Waals surface area contributed by atoms with Crippen LogP contribution in [0, 0.1) is 0 Å². The monoisotopic (exact) mass is 382 g/mol. The largest absolute Gasteiger partial charge is 0.573 e. The number of anilines is 1. The first-order valence-corrected chi connectivity index (χ1v) is 7.66. The molecule has 1 aliphatic rings. The van der Waals surface area contributed by atoms with Crippen LogP contribution in [0.4, 0.5) is 18.9 Å². The molecule has 1 aromatic carbocycles. The number of hydrogen-bond donors (Lipinski definition) is 2. The number of ether oxygens (including phenoxy) is 1. The molecule has 1 aliphatic carbocycles. The van der Waals surface area contributed by atoms with Crippen LogP contribution in [0.2, 0.25) is 0 Å². The van der Waals surface area contributed by atoms with Crippen LogP contribution in [0.1, 0.15) is 25.7 Å². The number of halogens is 4. The van der Waals surface area contributed by atoms with Gasteiger partial charge in [0, 0.05) is 11.7 Å². The Hall–Kier alpha value is -1.02. The molecule has 0 saturated heterocycles. The van der Waals surface area contributed by atoms with Gasteiger partial charge < -0.3 is 15.4 Å². The van der Waals surface area contributed by atoms with Gasteiger partial charge in [-0.3, -0.25) is 0 Å². The molecule has 8 heteroatoms. The third kappa shape index (κ3) is 5.35. The second kappa shape index (κ2) is 6.83. The van der Waals surface area contributed by atoms with Gasteiger partial charge in [0.05, 0.1) is 4.47 Å². The third-order valence-electron chi connectivity index (χ3n) is 3.11. The van der Waals surface area contributed by atoms with Gasteiger partial charge in [-0.25, -0.2) is 0 Å². The van der Waals surface area contributed by atoms with Gasteiger partial charge in [-0.2, -0.15) is 0 Å². The molecule has 2 N–H and O–H groups in total. The zero-order valence-corrected chi connectivity index (χ0v) is 13.4. The molecule has 21 heavy (non-hydrogen) atoms. The summed E-state index contributed by atoms with van der Waals surface area (Å²) in [6, 6.07) is 4.58. The van der Waals surface area contributed by atoms with Gasteiger partial charge in [-0.05, 0) is 59.2 Å². The van der Waals surface area contributed by atoms with E-state index >= 15 is 0 Å². The van der Waals surface area contributed by atoms with E-state index in [1.165, 1.54) is 31.0 Å². The summed E-state index contributed by atoms with van der Waals surface area (Å²) in [5, 5.41) is 6.62. The Kier molecular flexibility index (Phi) is 5.32. The molecular weight excluding hydrogens is 369 g/mol. The lowest BCUT2D eigenvalue weighted by Gasteiger charge is -2.16. The summed E-state index contributed by atoms with van der Waals surface area (Å²) in [6.45, 7) is 0. The van der Waals surface area contributed by atoms with E-state index in [0.717, 1.165) is 12.8 Å². The Balaban J connectivity index is 1.94. The van der Waals surface area contributed by atoms with Gasteiger partial charge >= 0.3 is 6.36 Å². The fourth-order valence-corrected chi connectivity index (χ4v) is 2.95. The highest BCUT2D eigenvalue weighted by Crippen LogP contribution is 2.32. The van der Waals surface area contributed by atoms with Crippen LogP contribution >= 0.6 is 28.1 Å². The summed E-state index contributed by atoms with van der Waals surface area (Å²) >= 11 is 8.24.